The molecular weight excluding hydrogens is 189 g/mol. The molecule has 1 aromatic rings. The lowest BCUT2D eigenvalue weighted by molar-refractivity contribution is 0.458. The van der Waals surface area contributed by atoms with E-state index in [1.54, 1.807) is 6.92 Å². The Kier molecular flexibility index (Phi) is 3.19. The Balaban J connectivity index is 3.20. The Morgan fingerprint density at radius 3 is 1.71 bits per heavy atom. The quantitative estimate of drug-likeness (QED) is 0.683. The molecule has 0 heterocycles. The van der Waals surface area contributed by atoms with E-state index in [0.717, 1.165) is 12.1 Å². The molecule has 0 spiro atoms. The van der Waals surface area contributed by atoms with Gasteiger partial charge >= 0.3 is 0 Å². The summed E-state index contributed by atoms with van der Waals surface area (Å²) in [5.41, 5.74) is -0.0265. The minimum atomic E-state index is -0.875. The summed E-state index contributed by atoms with van der Waals surface area (Å²) in [6.07, 6.45) is 0. The summed E-state index contributed by atoms with van der Waals surface area (Å²) in [6, 6.07) is 1.44. The van der Waals surface area contributed by atoms with Crippen LogP contribution in [0.5, 0.6) is 0 Å². The normalized spacial score (nSPS) is 13.4. The van der Waals surface area contributed by atoms with Gasteiger partial charge in [0.2, 0.25) is 0 Å². The SMILES string of the molecule is CC(C)[C@@H](C)c1c(F)cc(F)cc1F. The van der Waals surface area contributed by atoms with Gasteiger partial charge in [0.05, 0.1) is 0 Å². The third-order valence-corrected chi connectivity index (χ3v) is 2.50. The predicted octanol–water partition coefficient (Wildman–Crippen LogP) is 3.86. The van der Waals surface area contributed by atoms with Crippen molar-refractivity contribution in [2.45, 2.75) is 26.7 Å². The van der Waals surface area contributed by atoms with Crippen molar-refractivity contribution in [2.75, 3.05) is 0 Å². The molecule has 0 N–H and O–H groups in total. The summed E-state index contributed by atoms with van der Waals surface area (Å²) in [6.45, 7) is 5.46. The van der Waals surface area contributed by atoms with E-state index in [-0.39, 0.29) is 17.4 Å². The fourth-order valence-electron chi connectivity index (χ4n) is 1.32. The Morgan fingerprint density at radius 2 is 1.36 bits per heavy atom. The molecule has 1 aromatic carbocycles. The second-order valence-corrected chi connectivity index (χ2v) is 3.82. The number of benzene rings is 1. The van der Waals surface area contributed by atoms with Crippen molar-refractivity contribution in [2.24, 2.45) is 5.92 Å². The van der Waals surface area contributed by atoms with Gasteiger partial charge in [0.15, 0.2) is 0 Å². The van der Waals surface area contributed by atoms with Gasteiger partial charge in [-0.2, -0.15) is 0 Å². The van der Waals surface area contributed by atoms with Gasteiger partial charge in [-0.15, -0.1) is 0 Å². The molecule has 0 aliphatic rings. The molecule has 78 valence electrons. The van der Waals surface area contributed by atoms with Gasteiger partial charge in [-0.3, -0.25) is 0 Å². The summed E-state index contributed by atoms with van der Waals surface area (Å²) in [7, 11) is 0. The first-order chi connectivity index (χ1) is 6.43. The minimum absolute atomic E-state index is 0.0265. The van der Waals surface area contributed by atoms with Crippen LogP contribution in [0.1, 0.15) is 32.3 Å². The Hall–Kier alpha value is -0.990. The molecule has 0 unspecified atom stereocenters. The van der Waals surface area contributed by atoms with Crippen molar-refractivity contribution in [3.05, 3.63) is 35.1 Å². The first-order valence-corrected chi connectivity index (χ1v) is 4.58. The summed E-state index contributed by atoms with van der Waals surface area (Å²) in [5, 5.41) is 0. The molecule has 0 aliphatic carbocycles. The van der Waals surface area contributed by atoms with Crippen LogP contribution >= 0.6 is 0 Å². The molecule has 3 heteroatoms. The zero-order chi connectivity index (χ0) is 10.9. The highest BCUT2D eigenvalue weighted by Crippen LogP contribution is 2.28. The average Bonchev–Trinajstić information content (AvgIpc) is 2.01. The minimum Gasteiger partial charge on any atom is -0.207 e. The zero-order valence-corrected chi connectivity index (χ0v) is 8.44. The van der Waals surface area contributed by atoms with Crippen LogP contribution in [0, 0.1) is 23.4 Å². The third kappa shape index (κ3) is 2.08. The van der Waals surface area contributed by atoms with Crippen LogP contribution in [-0.4, -0.2) is 0 Å². The zero-order valence-electron chi connectivity index (χ0n) is 8.44. The van der Waals surface area contributed by atoms with Gasteiger partial charge in [0, 0.05) is 17.7 Å². The lowest BCUT2D eigenvalue weighted by Crippen LogP contribution is -2.08. The van der Waals surface area contributed by atoms with E-state index in [2.05, 4.69) is 0 Å². The largest absolute Gasteiger partial charge is 0.207 e. The highest BCUT2D eigenvalue weighted by Gasteiger charge is 2.19. The Labute approximate surface area is 81.8 Å². The number of hydrogen-bond donors (Lipinski definition) is 0. The molecule has 0 amide bonds. The first-order valence-electron chi connectivity index (χ1n) is 4.58. The summed E-state index contributed by atoms with van der Waals surface area (Å²) in [4.78, 5) is 0. The van der Waals surface area contributed by atoms with Gasteiger partial charge in [0.1, 0.15) is 17.5 Å². The van der Waals surface area contributed by atoms with Gasteiger partial charge in [0.25, 0.3) is 0 Å². The molecule has 0 saturated heterocycles. The molecule has 0 aliphatic heterocycles. The summed E-state index contributed by atoms with van der Waals surface area (Å²) in [5.74, 6) is -2.62. The topological polar surface area (TPSA) is 0 Å². The number of rotatable bonds is 2. The van der Waals surface area contributed by atoms with Gasteiger partial charge in [-0.25, -0.2) is 13.2 Å². The van der Waals surface area contributed by atoms with Crippen molar-refractivity contribution in [1.29, 1.82) is 0 Å². The molecule has 0 radical (unpaired) electrons. The lowest BCUT2D eigenvalue weighted by atomic mass is 9.89. The third-order valence-electron chi connectivity index (χ3n) is 2.50. The van der Waals surface area contributed by atoms with Gasteiger partial charge in [-0.1, -0.05) is 20.8 Å². The standard InChI is InChI=1S/C11H13F3/c1-6(2)7(3)11-9(13)4-8(12)5-10(11)14/h4-7H,1-3H3/t7-/m1/s1. The average molecular weight is 202 g/mol. The molecule has 1 rings (SSSR count). The van der Waals surface area contributed by atoms with E-state index in [4.69, 9.17) is 0 Å². The van der Waals surface area contributed by atoms with Crippen LogP contribution in [-0.2, 0) is 0 Å². The fraction of sp³-hybridized carbons (Fsp3) is 0.455. The van der Waals surface area contributed by atoms with Crippen LogP contribution in [0.15, 0.2) is 12.1 Å². The molecular formula is C11H13F3. The predicted molar refractivity (Wildman–Crippen MR) is 49.6 cm³/mol. The van der Waals surface area contributed by atoms with E-state index >= 15 is 0 Å². The number of hydrogen-bond acceptors (Lipinski definition) is 0. The molecule has 14 heavy (non-hydrogen) atoms. The van der Waals surface area contributed by atoms with E-state index in [9.17, 15) is 13.2 Å². The van der Waals surface area contributed by atoms with Crippen molar-refractivity contribution >= 4 is 0 Å². The summed E-state index contributed by atoms with van der Waals surface area (Å²) >= 11 is 0. The van der Waals surface area contributed by atoms with Crippen LogP contribution in [0.3, 0.4) is 0 Å². The Bertz CT molecular complexity index is 308. The van der Waals surface area contributed by atoms with E-state index in [1.807, 2.05) is 13.8 Å². The molecule has 0 saturated carbocycles. The van der Waals surface area contributed by atoms with E-state index in [1.165, 1.54) is 0 Å². The second kappa shape index (κ2) is 4.03. The van der Waals surface area contributed by atoms with Crippen molar-refractivity contribution < 1.29 is 13.2 Å². The van der Waals surface area contributed by atoms with Crippen LogP contribution in [0.2, 0.25) is 0 Å². The lowest BCUT2D eigenvalue weighted by Gasteiger charge is -2.17. The second-order valence-electron chi connectivity index (χ2n) is 3.82. The summed E-state index contributed by atoms with van der Waals surface area (Å²) < 4.78 is 39.1. The maximum Gasteiger partial charge on any atom is 0.132 e. The van der Waals surface area contributed by atoms with Gasteiger partial charge in [-0.05, 0) is 11.8 Å². The maximum absolute atomic E-state index is 13.2. The monoisotopic (exact) mass is 202 g/mol. The number of halogens is 3. The van der Waals surface area contributed by atoms with Crippen molar-refractivity contribution in [3.8, 4) is 0 Å². The highest BCUT2D eigenvalue weighted by molar-refractivity contribution is 5.24. The van der Waals surface area contributed by atoms with Crippen LogP contribution < -0.4 is 0 Å². The van der Waals surface area contributed by atoms with Crippen LogP contribution in [0.4, 0.5) is 13.2 Å². The fourth-order valence-corrected chi connectivity index (χ4v) is 1.32. The van der Waals surface area contributed by atoms with E-state index < -0.39 is 17.5 Å². The maximum atomic E-state index is 13.2. The van der Waals surface area contributed by atoms with Gasteiger partial charge < -0.3 is 0 Å². The molecule has 1 atom stereocenters. The van der Waals surface area contributed by atoms with Crippen molar-refractivity contribution in [3.63, 3.8) is 0 Å². The molecule has 0 aromatic heterocycles. The Morgan fingerprint density at radius 1 is 0.929 bits per heavy atom. The smallest absolute Gasteiger partial charge is 0.132 e. The first kappa shape index (κ1) is 11.1. The van der Waals surface area contributed by atoms with Crippen molar-refractivity contribution in [1.82, 2.24) is 0 Å². The molecule has 0 fully saturated rings. The van der Waals surface area contributed by atoms with E-state index in [0.29, 0.717) is 0 Å². The van der Waals surface area contributed by atoms with Crippen LogP contribution in [0.25, 0.3) is 0 Å². The molecule has 0 bridgehead atoms. The highest BCUT2D eigenvalue weighted by atomic mass is 19.1. The molecule has 0 nitrogen and oxygen atoms in total.